The van der Waals surface area contributed by atoms with E-state index in [1.54, 1.807) is 12.3 Å². The molecule has 0 amide bonds. The van der Waals surface area contributed by atoms with Crippen molar-refractivity contribution in [3.8, 4) is 11.3 Å². The van der Waals surface area contributed by atoms with E-state index in [0.29, 0.717) is 17.4 Å². The van der Waals surface area contributed by atoms with Crippen LogP contribution in [-0.2, 0) is 0 Å². The molecule has 0 spiro atoms. The molecule has 1 saturated carbocycles. The van der Waals surface area contributed by atoms with Gasteiger partial charge in [0.2, 0.25) is 0 Å². The van der Waals surface area contributed by atoms with Crippen LogP contribution < -0.4 is 0 Å². The van der Waals surface area contributed by atoms with Crippen LogP contribution in [0.4, 0.5) is 0 Å². The molecule has 0 radical (unpaired) electrons. The molecular weight excluding hydrogens is 220 g/mol. The van der Waals surface area contributed by atoms with Crippen molar-refractivity contribution in [1.82, 2.24) is 9.97 Å². The zero-order chi connectivity index (χ0) is 11.8. The van der Waals surface area contributed by atoms with E-state index in [9.17, 15) is 4.79 Å². The molecule has 5 heteroatoms. The van der Waals surface area contributed by atoms with Gasteiger partial charge in [-0.1, -0.05) is 0 Å². The Morgan fingerprint density at radius 2 is 2.24 bits per heavy atom. The average molecular weight is 230 g/mol. The molecule has 1 N–H and O–H groups in total. The van der Waals surface area contributed by atoms with Gasteiger partial charge in [-0.2, -0.15) is 0 Å². The molecule has 2 heterocycles. The molecular formula is C12H10N2O3. The second kappa shape index (κ2) is 3.69. The number of carboxylic acid groups (broad SMARTS) is 1. The van der Waals surface area contributed by atoms with Crippen LogP contribution in [0.5, 0.6) is 0 Å². The predicted octanol–water partition coefficient (Wildman–Crippen LogP) is 2.31. The highest BCUT2D eigenvalue weighted by Gasteiger charge is 2.28. The maximum absolute atomic E-state index is 11.0. The first-order valence-electron chi connectivity index (χ1n) is 5.39. The number of hydrogen-bond acceptors (Lipinski definition) is 4. The number of furan rings is 1. The summed E-state index contributed by atoms with van der Waals surface area (Å²) in [5.74, 6) is -0.0832. The van der Waals surface area contributed by atoms with Gasteiger partial charge in [0.15, 0.2) is 5.69 Å². The lowest BCUT2D eigenvalue weighted by molar-refractivity contribution is 0.0690. The molecule has 0 unspecified atom stereocenters. The number of hydrogen-bond donors (Lipinski definition) is 1. The summed E-state index contributed by atoms with van der Waals surface area (Å²) in [4.78, 5) is 19.5. The van der Waals surface area contributed by atoms with Gasteiger partial charge >= 0.3 is 5.97 Å². The SMILES string of the molecule is O=C(O)c1cc(-c2ccoc2)nc(C2CC2)n1. The summed E-state index contributed by atoms with van der Waals surface area (Å²) in [6.07, 6.45) is 5.15. The van der Waals surface area contributed by atoms with Crippen molar-refractivity contribution < 1.29 is 14.3 Å². The van der Waals surface area contributed by atoms with E-state index >= 15 is 0 Å². The highest BCUT2D eigenvalue weighted by Crippen LogP contribution is 2.38. The molecule has 0 atom stereocenters. The maximum atomic E-state index is 11.0. The molecule has 0 bridgehead atoms. The zero-order valence-electron chi connectivity index (χ0n) is 8.96. The van der Waals surface area contributed by atoms with Crippen LogP contribution in [0.1, 0.15) is 35.1 Å². The molecule has 0 aliphatic heterocycles. The van der Waals surface area contributed by atoms with Gasteiger partial charge in [-0.25, -0.2) is 14.8 Å². The highest BCUT2D eigenvalue weighted by atomic mass is 16.4. The zero-order valence-corrected chi connectivity index (χ0v) is 8.96. The van der Waals surface area contributed by atoms with Crippen molar-refractivity contribution in [2.75, 3.05) is 0 Å². The fraction of sp³-hybridized carbons (Fsp3) is 0.250. The first-order valence-corrected chi connectivity index (χ1v) is 5.39. The molecule has 1 fully saturated rings. The fourth-order valence-electron chi connectivity index (χ4n) is 1.66. The first-order chi connectivity index (χ1) is 8.24. The van der Waals surface area contributed by atoms with Crippen molar-refractivity contribution in [3.05, 3.63) is 36.2 Å². The topological polar surface area (TPSA) is 76.2 Å². The minimum absolute atomic E-state index is 0.0399. The second-order valence-corrected chi connectivity index (χ2v) is 4.09. The smallest absolute Gasteiger partial charge is 0.354 e. The van der Waals surface area contributed by atoms with Crippen LogP contribution in [0.3, 0.4) is 0 Å². The molecule has 1 aliphatic carbocycles. The predicted molar refractivity (Wildman–Crippen MR) is 58.7 cm³/mol. The third-order valence-electron chi connectivity index (χ3n) is 2.72. The molecule has 2 aromatic heterocycles. The summed E-state index contributed by atoms with van der Waals surface area (Å²) in [7, 11) is 0. The summed E-state index contributed by atoms with van der Waals surface area (Å²) in [6, 6.07) is 3.23. The van der Waals surface area contributed by atoms with Crippen LogP contribution in [0.25, 0.3) is 11.3 Å². The van der Waals surface area contributed by atoms with Crippen molar-refractivity contribution >= 4 is 5.97 Å². The van der Waals surface area contributed by atoms with Gasteiger partial charge in [0.1, 0.15) is 5.82 Å². The Bertz CT molecular complexity index is 559. The van der Waals surface area contributed by atoms with Gasteiger partial charge in [-0.3, -0.25) is 0 Å². The van der Waals surface area contributed by atoms with Crippen LogP contribution in [0.2, 0.25) is 0 Å². The Hall–Kier alpha value is -2.17. The number of carbonyl (C=O) groups is 1. The Kier molecular flexibility index (Phi) is 2.18. The summed E-state index contributed by atoms with van der Waals surface area (Å²) >= 11 is 0. The molecule has 3 rings (SSSR count). The monoisotopic (exact) mass is 230 g/mol. The lowest BCUT2D eigenvalue weighted by Gasteiger charge is -2.03. The standard InChI is InChI=1S/C12H10N2O3/c15-12(16)10-5-9(8-3-4-17-6-8)13-11(14-10)7-1-2-7/h3-7H,1-2H2,(H,15,16). The van der Waals surface area contributed by atoms with Crippen LogP contribution in [0.15, 0.2) is 29.1 Å². The number of carboxylic acids is 1. The van der Waals surface area contributed by atoms with Gasteiger partial charge in [0.25, 0.3) is 0 Å². The largest absolute Gasteiger partial charge is 0.477 e. The molecule has 0 aromatic carbocycles. The van der Waals surface area contributed by atoms with E-state index in [2.05, 4.69) is 9.97 Å². The maximum Gasteiger partial charge on any atom is 0.354 e. The molecule has 86 valence electrons. The van der Waals surface area contributed by atoms with Crippen LogP contribution in [0, 0.1) is 0 Å². The van der Waals surface area contributed by atoms with Gasteiger partial charge in [-0.05, 0) is 25.0 Å². The van der Waals surface area contributed by atoms with E-state index < -0.39 is 5.97 Å². The fourth-order valence-corrected chi connectivity index (χ4v) is 1.66. The van der Waals surface area contributed by atoms with E-state index in [-0.39, 0.29) is 5.69 Å². The summed E-state index contributed by atoms with van der Waals surface area (Å²) < 4.78 is 4.98. The van der Waals surface area contributed by atoms with E-state index in [1.165, 1.54) is 12.3 Å². The summed E-state index contributed by atoms with van der Waals surface area (Å²) in [5.41, 5.74) is 1.42. The van der Waals surface area contributed by atoms with Crippen molar-refractivity contribution in [2.24, 2.45) is 0 Å². The van der Waals surface area contributed by atoms with Gasteiger partial charge in [0.05, 0.1) is 18.2 Å². The average Bonchev–Trinajstić information content (AvgIpc) is 3.04. The number of aromatic carboxylic acids is 1. The Labute approximate surface area is 97.1 Å². The Morgan fingerprint density at radius 3 is 2.82 bits per heavy atom. The van der Waals surface area contributed by atoms with E-state index in [1.807, 2.05) is 0 Å². The minimum atomic E-state index is -1.03. The Balaban J connectivity index is 2.11. The molecule has 1 aliphatic rings. The third-order valence-corrected chi connectivity index (χ3v) is 2.72. The van der Waals surface area contributed by atoms with Crippen molar-refractivity contribution in [2.45, 2.75) is 18.8 Å². The third kappa shape index (κ3) is 1.91. The highest BCUT2D eigenvalue weighted by molar-refractivity contribution is 5.86. The molecule has 0 saturated heterocycles. The molecule has 2 aromatic rings. The summed E-state index contributed by atoms with van der Waals surface area (Å²) in [6.45, 7) is 0. The second-order valence-electron chi connectivity index (χ2n) is 4.09. The van der Waals surface area contributed by atoms with Crippen molar-refractivity contribution in [1.29, 1.82) is 0 Å². The van der Waals surface area contributed by atoms with E-state index in [0.717, 1.165) is 18.4 Å². The number of nitrogens with zero attached hydrogens (tertiary/aromatic N) is 2. The van der Waals surface area contributed by atoms with Crippen molar-refractivity contribution in [3.63, 3.8) is 0 Å². The normalized spacial score (nSPS) is 14.8. The van der Waals surface area contributed by atoms with Crippen LogP contribution in [-0.4, -0.2) is 21.0 Å². The quantitative estimate of drug-likeness (QED) is 0.875. The lowest BCUT2D eigenvalue weighted by Crippen LogP contribution is -2.05. The number of aromatic nitrogens is 2. The van der Waals surface area contributed by atoms with Crippen LogP contribution >= 0.6 is 0 Å². The first kappa shape index (κ1) is 10.0. The summed E-state index contributed by atoms with van der Waals surface area (Å²) in [5, 5.41) is 9.02. The van der Waals surface area contributed by atoms with E-state index in [4.69, 9.17) is 9.52 Å². The Morgan fingerprint density at radius 1 is 1.41 bits per heavy atom. The molecule has 5 nitrogen and oxygen atoms in total. The van der Waals surface area contributed by atoms with Gasteiger partial charge in [0, 0.05) is 11.5 Å². The lowest BCUT2D eigenvalue weighted by atomic mass is 10.2. The van der Waals surface area contributed by atoms with Gasteiger partial charge in [-0.15, -0.1) is 0 Å². The minimum Gasteiger partial charge on any atom is -0.477 e. The molecule has 17 heavy (non-hydrogen) atoms. The van der Waals surface area contributed by atoms with Gasteiger partial charge < -0.3 is 9.52 Å². The number of rotatable bonds is 3.